The standard InChI is InChI=1S/C24H26F3NOS/c25-24(26,27)18-8-9-23-21(16-18)19(20-5-1-2-7-22(20)30-23)6-3-4-17-10-12-28(13-11-17)14-15-29/h1-2,5-9,16-17,29H,3-4,10-15H2. The van der Waals surface area contributed by atoms with E-state index in [9.17, 15) is 13.2 Å². The largest absolute Gasteiger partial charge is 0.416 e. The third-order valence-corrected chi connectivity index (χ3v) is 7.19. The molecule has 0 radical (unpaired) electrons. The number of piperidine rings is 1. The topological polar surface area (TPSA) is 23.5 Å². The summed E-state index contributed by atoms with van der Waals surface area (Å²) >= 11 is 1.54. The van der Waals surface area contributed by atoms with Crippen LogP contribution in [0.2, 0.25) is 0 Å². The van der Waals surface area contributed by atoms with E-state index in [1.165, 1.54) is 23.9 Å². The molecule has 0 aliphatic carbocycles. The summed E-state index contributed by atoms with van der Waals surface area (Å²) in [5.41, 5.74) is 2.03. The zero-order valence-corrected chi connectivity index (χ0v) is 17.6. The van der Waals surface area contributed by atoms with E-state index in [4.69, 9.17) is 5.11 Å². The highest BCUT2D eigenvalue weighted by Crippen LogP contribution is 2.47. The number of allylic oxidation sites excluding steroid dienone is 1. The van der Waals surface area contributed by atoms with Crippen molar-refractivity contribution in [3.8, 4) is 0 Å². The van der Waals surface area contributed by atoms with E-state index in [1.54, 1.807) is 6.07 Å². The van der Waals surface area contributed by atoms with Gasteiger partial charge in [-0.15, -0.1) is 0 Å². The van der Waals surface area contributed by atoms with Crippen molar-refractivity contribution in [3.63, 3.8) is 0 Å². The first kappa shape index (κ1) is 21.5. The minimum atomic E-state index is -4.34. The maximum atomic E-state index is 13.3. The zero-order valence-electron chi connectivity index (χ0n) is 16.8. The molecule has 0 aromatic heterocycles. The Morgan fingerprint density at radius 1 is 1.03 bits per heavy atom. The predicted molar refractivity (Wildman–Crippen MR) is 115 cm³/mol. The van der Waals surface area contributed by atoms with Crippen LogP contribution in [0.3, 0.4) is 0 Å². The number of benzene rings is 2. The number of rotatable bonds is 5. The first-order valence-electron chi connectivity index (χ1n) is 10.5. The molecule has 2 heterocycles. The van der Waals surface area contributed by atoms with Crippen LogP contribution in [-0.2, 0) is 6.18 Å². The molecular weight excluding hydrogens is 407 g/mol. The zero-order chi connectivity index (χ0) is 21.1. The second kappa shape index (κ2) is 9.16. The van der Waals surface area contributed by atoms with Crippen molar-refractivity contribution in [3.05, 3.63) is 65.2 Å². The lowest BCUT2D eigenvalue weighted by molar-refractivity contribution is -0.137. The van der Waals surface area contributed by atoms with Crippen molar-refractivity contribution in [1.29, 1.82) is 0 Å². The van der Waals surface area contributed by atoms with E-state index in [2.05, 4.69) is 11.0 Å². The number of hydrogen-bond acceptors (Lipinski definition) is 3. The molecule has 0 saturated carbocycles. The second-order valence-electron chi connectivity index (χ2n) is 8.01. The predicted octanol–water partition coefficient (Wildman–Crippen LogP) is 6.09. The van der Waals surface area contributed by atoms with Gasteiger partial charge < -0.3 is 10.0 Å². The van der Waals surface area contributed by atoms with Gasteiger partial charge in [-0.05, 0) is 85.7 Å². The minimum Gasteiger partial charge on any atom is -0.395 e. The smallest absolute Gasteiger partial charge is 0.395 e. The summed E-state index contributed by atoms with van der Waals surface area (Å²) in [6, 6.07) is 12.0. The highest BCUT2D eigenvalue weighted by Gasteiger charge is 2.32. The number of β-amino-alcohol motifs (C(OH)–C–C–N with tert-alkyl or cyclic N) is 1. The summed E-state index contributed by atoms with van der Waals surface area (Å²) in [5, 5.41) is 9.08. The van der Waals surface area contributed by atoms with Crippen LogP contribution in [-0.4, -0.2) is 36.2 Å². The van der Waals surface area contributed by atoms with E-state index in [0.29, 0.717) is 11.5 Å². The van der Waals surface area contributed by atoms with Gasteiger partial charge in [0.05, 0.1) is 12.2 Å². The lowest BCUT2D eigenvalue weighted by atomic mass is 9.90. The van der Waals surface area contributed by atoms with Crippen molar-refractivity contribution < 1.29 is 18.3 Å². The fraction of sp³-hybridized carbons (Fsp3) is 0.417. The third-order valence-electron chi connectivity index (χ3n) is 6.04. The summed E-state index contributed by atoms with van der Waals surface area (Å²) in [7, 11) is 0. The number of nitrogens with zero attached hydrogens (tertiary/aromatic N) is 1. The quantitative estimate of drug-likeness (QED) is 0.527. The van der Waals surface area contributed by atoms with E-state index in [0.717, 1.165) is 66.2 Å². The maximum absolute atomic E-state index is 13.3. The molecule has 2 aromatic carbocycles. The Morgan fingerprint density at radius 3 is 2.50 bits per heavy atom. The van der Waals surface area contributed by atoms with E-state index in [1.807, 2.05) is 24.3 Å². The van der Waals surface area contributed by atoms with Gasteiger partial charge in [0, 0.05) is 16.3 Å². The fourth-order valence-corrected chi connectivity index (χ4v) is 5.46. The van der Waals surface area contributed by atoms with Crippen LogP contribution >= 0.6 is 11.8 Å². The molecule has 2 aliphatic rings. The van der Waals surface area contributed by atoms with Crippen LogP contribution < -0.4 is 0 Å². The highest BCUT2D eigenvalue weighted by molar-refractivity contribution is 7.99. The van der Waals surface area contributed by atoms with Crippen molar-refractivity contribution in [2.75, 3.05) is 26.2 Å². The van der Waals surface area contributed by atoms with Crippen LogP contribution in [0.25, 0.3) is 5.57 Å². The number of likely N-dealkylation sites (tertiary alicyclic amines) is 1. The molecule has 0 atom stereocenters. The minimum absolute atomic E-state index is 0.202. The van der Waals surface area contributed by atoms with Crippen LogP contribution in [0.4, 0.5) is 13.2 Å². The number of hydrogen-bond donors (Lipinski definition) is 1. The van der Waals surface area contributed by atoms with Gasteiger partial charge in [0.25, 0.3) is 0 Å². The molecule has 2 aromatic rings. The summed E-state index contributed by atoms with van der Waals surface area (Å²) in [6.07, 6.45) is 1.92. The SMILES string of the molecule is OCCN1CCC(CCC=C2c3ccccc3Sc3ccc(C(F)(F)F)cc32)CC1. The lowest BCUT2D eigenvalue weighted by Crippen LogP contribution is -2.35. The molecule has 160 valence electrons. The Labute approximate surface area is 179 Å². The van der Waals surface area contributed by atoms with Crippen molar-refractivity contribution in [2.24, 2.45) is 5.92 Å². The second-order valence-corrected chi connectivity index (χ2v) is 9.09. The van der Waals surface area contributed by atoms with Gasteiger partial charge >= 0.3 is 6.18 Å². The highest BCUT2D eigenvalue weighted by atomic mass is 32.2. The number of fused-ring (bicyclic) bond motifs is 2. The van der Waals surface area contributed by atoms with Gasteiger partial charge in [-0.1, -0.05) is 36.0 Å². The van der Waals surface area contributed by atoms with Crippen LogP contribution in [0, 0.1) is 5.92 Å². The van der Waals surface area contributed by atoms with Crippen LogP contribution in [0.15, 0.2) is 58.3 Å². The molecule has 0 unspecified atom stereocenters. The van der Waals surface area contributed by atoms with Gasteiger partial charge in [0.2, 0.25) is 0 Å². The number of alkyl halides is 3. The molecule has 0 spiro atoms. The van der Waals surface area contributed by atoms with Crippen LogP contribution in [0.1, 0.15) is 42.4 Å². The van der Waals surface area contributed by atoms with Gasteiger partial charge in [-0.3, -0.25) is 0 Å². The normalized spacial score (nSPS) is 19.0. The van der Waals surface area contributed by atoms with Gasteiger partial charge in [-0.25, -0.2) is 0 Å². The lowest BCUT2D eigenvalue weighted by Gasteiger charge is -2.31. The summed E-state index contributed by atoms with van der Waals surface area (Å²) < 4.78 is 39.9. The molecule has 6 heteroatoms. The summed E-state index contributed by atoms with van der Waals surface area (Å²) in [5.74, 6) is 0.631. The average Bonchev–Trinajstić information content (AvgIpc) is 2.73. The molecule has 0 amide bonds. The van der Waals surface area contributed by atoms with E-state index < -0.39 is 11.7 Å². The Hall–Kier alpha value is -1.76. The van der Waals surface area contributed by atoms with E-state index >= 15 is 0 Å². The van der Waals surface area contributed by atoms with Crippen LogP contribution in [0.5, 0.6) is 0 Å². The van der Waals surface area contributed by atoms with Crippen molar-refractivity contribution in [2.45, 2.75) is 41.7 Å². The van der Waals surface area contributed by atoms with Gasteiger partial charge in [-0.2, -0.15) is 13.2 Å². The molecule has 0 bridgehead atoms. The monoisotopic (exact) mass is 433 g/mol. The molecule has 1 fully saturated rings. The Bertz CT molecular complexity index is 917. The first-order chi connectivity index (χ1) is 14.5. The molecule has 1 N–H and O–H groups in total. The third kappa shape index (κ3) is 4.76. The molecule has 2 nitrogen and oxygen atoms in total. The molecule has 30 heavy (non-hydrogen) atoms. The molecular formula is C24H26F3NOS. The summed E-state index contributed by atoms with van der Waals surface area (Å²) in [6.45, 7) is 2.97. The molecule has 1 saturated heterocycles. The fourth-order valence-electron chi connectivity index (χ4n) is 4.37. The molecule has 2 aliphatic heterocycles. The van der Waals surface area contributed by atoms with E-state index in [-0.39, 0.29) is 6.61 Å². The Morgan fingerprint density at radius 2 is 1.77 bits per heavy atom. The van der Waals surface area contributed by atoms with Crippen molar-refractivity contribution >= 4 is 17.3 Å². The number of aliphatic hydroxyl groups excluding tert-OH is 1. The number of aliphatic hydroxyl groups is 1. The first-order valence-corrected chi connectivity index (χ1v) is 11.3. The molecule has 4 rings (SSSR count). The number of halogens is 3. The Kier molecular flexibility index (Phi) is 6.56. The average molecular weight is 434 g/mol. The summed E-state index contributed by atoms with van der Waals surface area (Å²) in [4.78, 5) is 4.26. The van der Waals surface area contributed by atoms with Crippen molar-refractivity contribution in [1.82, 2.24) is 4.90 Å². The van der Waals surface area contributed by atoms with Gasteiger partial charge in [0.15, 0.2) is 0 Å². The Balaban J connectivity index is 1.55. The van der Waals surface area contributed by atoms with Gasteiger partial charge in [0.1, 0.15) is 0 Å². The maximum Gasteiger partial charge on any atom is 0.416 e.